The van der Waals surface area contributed by atoms with Crippen molar-refractivity contribution >= 4 is 11.9 Å². The van der Waals surface area contributed by atoms with Gasteiger partial charge in [0.2, 0.25) is 5.91 Å². The molecule has 86 valence electrons. The summed E-state index contributed by atoms with van der Waals surface area (Å²) in [6.45, 7) is 2.92. The molecule has 0 aliphatic heterocycles. The van der Waals surface area contributed by atoms with Crippen molar-refractivity contribution in [3.63, 3.8) is 0 Å². The Labute approximate surface area is 94.5 Å². The number of carboxylic acid groups (broad SMARTS) is 1. The predicted molar refractivity (Wildman–Crippen MR) is 59.9 cm³/mol. The van der Waals surface area contributed by atoms with Gasteiger partial charge < -0.3 is 10.0 Å². The van der Waals surface area contributed by atoms with E-state index in [1.807, 2.05) is 37.3 Å². The molecule has 16 heavy (non-hydrogen) atoms. The molecular weight excluding hydrogens is 206 g/mol. The van der Waals surface area contributed by atoms with E-state index in [9.17, 15) is 9.59 Å². The maximum Gasteiger partial charge on any atom is 0.323 e. The first-order valence-corrected chi connectivity index (χ1v) is 5.06. The number of carboxylic acids is 1. The van der Waals surface area contributed by atoms with Gasteiger partial charge in [0.25, 0.3) is 0 Å². The molecule has 1 aromatic carbocycles. The number of carbonyl (C=O) groups excluding carboxylic acids is 1. The largest absolute Gasteiger partial charge is 0.480 e. The lowest BCUT2D eigenvalue weighted by Gasteiger charge is -2.26. The highest BCUT2D eigenvalue weighted by molar-refractivity contribution is 5.80. The van der Waals surface area contributed by atoms with Crippen LogP contribution in [0.4, 0.5) is 0 Å². The number of benzene rings is 1. The molecular formula is C12H15NO3. The van der Waals surface area contributed by atoms with E-state index in [4.69, 9.17) is 5.11 Å². The minimum absolute atomic E-state index is 0.227. The first kappa shape index (κ1) is 12.2. The number of carbonyl (C=O) groups is 2. The average Bonchev–Trinajstić information content (AvgIpc) is 2.25. The van der Waals surface area contributed by atoms with Gasteiger partial charge in [-0.1, -0.05) is 30.3 Å². The summed E-state index contributed by atoms with van der Waals surface area (Å²) in [5.41, 5.74) is 0.930. The second-order valence-electron chi connectivity index (χ2n) is 3.63. The minimum atomic E-state index is -1.00. The molecule has 1 unspecified atom stereocenters. The van der Waals surface area contributed by atoms with Crippen LogP contribution in [0.3, 0.4) is 0 Å². The molecule has 0 aromatic heterocycles. The Bertz CT molecular complexity index is 375. The van der Waals surface area contributed by atoms with Crippen LogP contribution in [0.5, 0.6) is 0 Å². The van der Waals surface area contributed by atoms with E-state index in [2.05, 4.69) is 0 Å². The van der Waals surface area contributed by atoms with Crippen molar-refractivity contribution in [2.75, 3.05) is 6.54 Å². The van der Waals surface area contributed by atoms with Crippen molar-refractivity contribution in [2.24, 2.45) is 0 Å². The Hall–Kier alpha value is -1.84. The standard InChI is InChI=1S/C12H15NO3/c1-9(11-6-4-3-5-7-11)13(10(2)14)8-12(15)16/h3-7,9H,8H2,1-2H3,(H,15,16). The second kappa shape index (κ2) is 5.30. The van der Waals surface area contributed by atoms with Gasteiger partial charge in [0.15, 0.2) is 0 Å². The molecule has 4 heteroatoms. The Morgan fingerprint density at radius 2 is 1.88 bits per heavy atom. The summed E-state index contributed by atoms with van der Waals surface area (Å²) in [6, 6.07) is 9.14. The highest BCUT2D eigenvalue weighted by Gasteiger charge is 2.20. The molecule has 1 rings (SSSR count). The first-order chi connectivity index (χ1) is 7.52. The van der Waals surface area contributed by atoms with Crippen LogP contribution in [0.2, 0.25) is 0 Å². The molecule has 0 bridgehead atoms. The van der Waals surface area contributed by atoms with Crippen LogP contribution in [0.15, 0.2) is 30.3 Å². The van der Waals surface area contributed by atoms with Gasteiger partial charge in [-0.05, 0) is 12.5 Å². The molecule has 1 atom stereocenters. The van der Waals surface area contributed by atoms with Crippen molar-refractivity contribution in [3.8, 4) is 0 Å². The van der Waals surface area contributed by atoms with E-state index in [1.165, 1.54) is 11.8 Å². The predicted octanol–water partition coefficient (Wildman–Crippen LogP) is 1.68. The minimum Gasteiger partial charge on any atom is -0.480 e. The third-order valence-corrected chi connectivity index (χ3v) is 2.46. The van der Waals surface area contributed by atoms with Crippen LogP contribution in [0.25, 0.3) is 0 Å². The Kier molecular flexibility index (Phi) is 4.05. The summed E-state index contributed by atoms with van der Waals surface area (Å²) >= 11 is 0. The average molecular weight is 221 g/mol. The molecule has 0 fully saturated rings. The van der Waals surface area contributed by atoms with Gasteiger partial charge in [-0.3, -0.25) is 9.59 Å². The fourth-order valence-corrected chi connectivity index (χ4v) is 1.58. The molecule has 4 nitrogen and oxygen atoms in total. The lowest BCUT2D eigenvalue weighted by atomic mass is 10.1. The Morgan fingerprint density at radius 3 is 2.31 bits per heavy atom. The number of rotatable bonds is 4. The lowest BCUT2D eigenvalue weighted by molar-refractivity contribution is -0.145. The Morgan fingerprint density at radius 1 is 1.31 bits per heavy atom. The van der Waals surface area contributed by atoms with Crippen molar-refractivity contribution in [1.82, 2.24) is 4.90 Å². The Balaban J connectivity index is 2.87. The third kappa shape index (κ3) is 3.08. The highest BCUT2D eigenvalue weighted by Crippen LogP contribution is 2.19. The molecule has 0 saturated carbocycles. The maximum atomic E-state index is 11.4. The van der Waals surface area contributed by atoms with Gasteiger partial charge in [0.05, 0.1) is 6.04 Å². The summed E-state index contributed by atoms with van der Waals surface area (Å²) in [7, 11) is 0. The van der Waals surface area contributed by atoms with E-state index < -0.39 is 5.97 Å². The molecule has 0 radical (unpaired) electrons. The van der Waals surface area contributed by atoms with Crippen LogP contribution in [-0.4, -0.2) is 28.4 Å². The van der Waals surface area contributed by atoms with Gasteiger partial charge in [0, 0.05) is 6.92 Å². The molecule has 0 aliphatic carbocycles. The van der Waals surface area contributed by atoms with E-state index in [1.54, 1.807) is 0 Å². The number of hydrogen-bond acceptors (Lipinski definition) is 2. The van der Waals surface area contributed by atoms with E-state index in [0.717, 1.165) is 5.56 Å². The SMILES string of the molecule is CC(=O)N(CC(=O)O)C(C)c1ccccc1. The van der Waals surface area contributed by atoms with Gasteiger partial charge in [-0.25, -0.2) is 0 Å². The molecule has 0 spiro atoms. The summed E-state index contributed by atoms with van der Waals surface area (Å²) in [5, 5.41) is 8.73. The fraction of sp³-hybridized carbons (Fsp3) is 0.333. The van der Waals surface area contributed by atoms with Crippen LogP contribution >= 0.6 is 0 Å². The number of nitrogens with zero attached hydrogens (tertiary/aromatic N) is 1. The zero-order valence-electron chi connectivity index (χ0n) is 9.38. The van der Waals surface area contributed by atoms with Crippen LogP contribution in [-0.2, 0) is 9.59 Å². The van der Waals surface area contributed by atoms with E-state index in [0.29, 0.717) is 0 Å². The summed E-state index contributed by atoms with van der Waals surface area (Å²) in [6.07, 6.45) is 0. The van der Waals surface area contributed by atoms with Crippen LogP contribution in [0, 0.1) is 0 Å². The van der Waals surface area contributed by atoms with Crippen molar-refractivity contribution in [1.29, 1.82) is 0 Å². The number of hydrogen-bond donors (Lipinski definition) is 1. The molecule has 1 N–H and O–H groups in total. The summed E-state index contributed by atoms with van der Waals surface area (Å²) in [5.74, 6) is -1.24. The first-order valence-electron chi connectivity index (χ1n) is 5.06. The molecule has 1 amide bonds. The zero-order chi connectivity index (χ0) is 12.1. The van der Waals surface area contributed by atoms with E-state index >= 15 is 0 Å². The normalized spacial score (nSPS) is 11.9. The fourth-order valence-electron chi connectivity index (χ4n) is 1.58. The highest BCUT2D eigenvalue weighted by atomic mass is 16.4. The molecule has 0 saturated heterocycles. The molecule has 1 aromatic rings. The summed E-state index contributed by atoms with van der Waals surface area (Å²) < 4.78 is 0. The third-order valence-electron chi connectivity index (χ3n) is 2.46. The van der Waals surface area contributed by atoms with Gasteiger partial charge in [-0.2, -0.15) is 0 Å². The smallest absolute Gasteiger partial charge is 0.323 e. The number of amides is 1. The maximum absolute atomic E-state index is 11.4. The van der Waals surface area contributed by atoms with Crippen LogP contribution in [0.1, 0.15) is 25.5 Å². The topological polar surface area (TPSA) is 57.6 Å². The monoisotopic (exact) mass is 221 g/mol. The van der Waals surface area contributed by atoms with E-state index in [-0.39, 0.29) is 18.5 Å². The lowest BCUT2D eigenvalue weighted by Crippen LogP contribution is -2.36. The van der Waals surface area contributed by atoms with Crippen molar-refractivity contribution in [2.45, 2.75) is 19.9 Å². The van der Waals surface area contributed by atoms with Gasteiger partial charge >= 0.3 is 5.97 Å². The number of aliphatic carboxylic acids is 1. The molecule has 0 heterocycles. The molecule has 0 aliphatic rings. The quantitative estimate of drug-likeness (QED) is 0.841. The zero-order valence-corrected chi connectivity index (χ0v) is 9.38. The van der Waals surface area contributed by atoms with Crippen molar-refractivity contribution in [3.05, 3.63) is 35.9 Å². The van der Waals surface area contributed by atoms with Crippen LogP contribution < -0.4 is 0 Å². The van der Waals surface area contributed by atoms with Crippen molar-refractivity contribution < 1.29 is 14.7 Å². The van der Waals surface area contributed by atoms with Gasteiger partial charge in [0.1, 0.15) is 6.54 Å². The summed E-state index contributed by atoms with van der Waals surface area (Å²) in [4.78, 5) is 23.3. The second-order valence-corrected chi connectivity index (χ2v) is 3.63. The van der Waals surface area contributed by atoms with Gasteiger partial charge in [-0.15, -0.1) is 0 Å².